The topological polar surface area (TPSA) is 49.3 Å². The fourth-order valence-electron chi connectivity index (χ4n) is 1.25. The number of benzene rings is 1. The second-order valence-corrected chi connectivity index (χ2v) is 3.50. The van der Waals surface area contributed by atoms with Crippen LogP contribution in [-0.2, 0) is 4.79 Å². The lowest BCUT2D eigenvalue weighted by Crippen LogP contribution is -2.10. The summed E-state index contributed by atoms with van der Waals surface area (Å²) >= 11 is 11.5. The van der Waals surface area contributed by atoms with Crippen molar-refractivity contribution in [2.75, 3.05) is 5.32 Å². The average molecular weight is 218 g/mol. The molecule has 0 saturated carbocycles. The van der Waals surface area contributed by atoms with E-state index in [0.717, 1.165) is 0 Å². The van der Waals surface area contributed by atoms with Gasteiger partial charge < -0.3 is 10.4 Å². The lowest BCUT2D eigenvalue weighted by molar-refractivity contribution is -0.123. The summed E-state index contributed by atoms with van der Waals surface area (Å²) in [5.74, 6) is -0.473. The molecule has 0 unspecified atom stereocenters. The van der Waals surface area contributed by atoms with Crippen LogP contribution in [0, 0.1) is 0 Å². The predicted octanol–water partition coefficient (Wildman–Crippen LogP) is 1.98. The first-order valence-corrected chi connectivity index (χ1v) is 4.33. The molecule has 0 aliphatic carbocycles. The smallest absolute Gasteiger partial charge is 0.257 e. The molecule has 0 aromatic heterocycles. The summed E-state index contributed by atoms with van der Waals surface area (Å²) in [4.78, 5) is 11.0. The summed E-state index contributed by atoms with van der Waals surface area (Å²) < 4.78 is 0. The van der Waals surface area contributed by atoms with E-state index in [-0.39, 0.29) is 5.02 Å². The lowest BCUT2D eigenvalue weighted by atomic mass is 10.1. The number of rotatable bonds is 0. The zero-order valence-corrected chi connectivity index (χ0v) is 7.86. The van der Waals surface area contributed by atoms with E-state index in [4.69, 9.17) is 23.2 Å². The zero-order chi connectivity index (χ0) is 9.59. The number of nitrogens with one attached hydrogen (secondary N) is 1. The number of aliphatic hydroxyl groups is 1. The van der Waals surface area contributed by atoms with Crippen LogP contribution in [0.4, 0.5) is 5.69 Å². The molecular formula is C8H5Cl2NO2. The van der Waals surface area contributed by atoms with Crippen LogP contribution in [-0.4, -0.2) is 11.0 Å². The van der Waals surface area contributed by atoms with E-state index in [9.17, 15) is 9.90 Å². The van der Waals surface area contributed by atoms with E-state index in [1.807, 2.05) is 0 Å². The van der Waals surface area contributed by atoms with Crippen molar-refractivity contribution in [3.63, 3.8) is 0 Å². The van der Waals surface area contributed by atoms with Gasteiger partial charge in [-0.25, -0.2) is 0 Å². The first-order chi connectivity index (χ1) is 6.11. The van der Waals surface area contributed by atoms with E-state index in [1.165, 1.54) is 0 Å². The number of anilines is 1. The Morgan fingerprint density at radius 3 is 2.77 bits per heavy atom. The van der Waals surface area contributed by atoms with E-state index < -0.39 is 12.0 Å². The van der Waals surface area contributed by atoms with Crippen LogP contribution in [0.2, 0.25) is 10.0 Å². The van der Waals surface area contributed by atoms with Gasteiger partial charge in [-0.1, -0.05) is 29.3 Å². The number of carbonyl (C=O) groups excluding carboxylic acids is 1. The van der Waals surface area contributed by atoms with Crippen molar-refractivity contribution in [3.8, 4) is 0 Å². The van der Waals surface area contributed by atoms with Crippen molar-refractivity contribution in [3.05, 3.63) is 27.7 Å². The van der Waals surface area contributed by atoms with Crippen LogP contribution in [0.25, 0.3) is 0 Å². The third-order valence-corrected chi connectivity index (χ3v) is 2.72. The molecular weight excluding hydrogens is 213 g/mol. The normalized spacial score (nSPS) is 19.9. The Hall–Kier alpha value is -0.770. The van der Waals surface area contributed by atoms with Gasteiger partial charge >= 0.3 is 0 Å². The minimum absolute atomic E-state index is 0.268. The maximum absolute atomic E-state index is 11.0. The van der Waals surface area contributed by atoms with Crippen molar-refractivity contribution in [2.24, 2.45) is 0 Å². The van der Waals surface area contributed by atoms with Crippen molar-refractivity contribution >= 4 is 34.8 Å². The van der Waals surface area contributed by atoms with E-state index in [1.54, 1.807) is 12.1 Å². The third kappa shape index (κ3) is 1.20. The molecule has 0 bridgehead atoms. The van der Waals surface area contributed by atoms with Crippen molar-refractivity contribution < 1.29 is 9.90 Å². The highest BCUT2D eigenvalue weighted by Crippen LogP contribution is 2.40. The predicted molar refractivity (Wildman–Crippen MR) is 50.1 cm³/mol. The molecule has 1 atom stereocenters. The van der Waals surface area contributed by atoms with Crippen LogP contribution in [0.15, 0.2) is 12.1 Å². The largest absolute Gasteiger partial charge is 0.378 e. The molecule has 1 heterocycles. The molecule has 1 aromatic carbocycles. The molecule has 1 aromatic rings. The van der Waals surface area contributed by atoms with Crippen molar-refractivity contribution in [2.45, 2.75) is 6.10 Å². The highest BCUT2D eigenvalue weighted by molar-refractivity contribution is 6.44. The van der Waals surface area contributed by atoms with Gasteiger partial charge in [0, 0.05) is 5.56 Å². The molecule has 13 heavy (non-hydrogen) atoms. The van der Waals surface area contributed by atoms with E-state index in [2.05, 4.69) is 5.32 Å². The van der Waals surface area contributed by atoms with Crippen LogP contribution >= 0.6 is 23.2 Å². The Balaban J connectivity index is 2.64. The summed E-state index contributed by atoms with van der Waals surface area (Å²) in [6.45, 7) is 0. The minimum atomic E-state index is -1.13. The van der Waals surface area contributed by atoms with E-state index in [0.29, 0.717) is 16.3 Å². The Kier molecular flexibility index (Phi) is 1.95. The van der Waals surface area contributed by atoms with Gasteiger partial charge in [0.25, 0.3) is 5.91 Å². The molecule has 1 aliphatic rings. The minimum Gasteiger partial charge on any atom is -0.378 e. The number of halogens is 2. The van der Waals surface area contributed by atoms with Crippen LogP contribution in [0.3, 0.4) is 0 Å². The number of aliphatic hydroxyl groups excluding tert-OH is 1. The first kappa shape index (κ1) is 8.81. The van der Waals surface area contributed by atoms with Crippen LogP contribution < -0.4 is 5.32 Å². The Labute approximate surface area is 84.3 Å². The maximum atomic E-state index is 11.0. The molecule has 68 valence electrons. The second-order valence-electron chi connectivity index (χ2n) is 2.72. The summed E-state index contributed by atoms with van der Waals surface area (Å²) in [6, 6.07) is 3.12. The molecule has 2 N–H and O–H groups in total. The molecule has 1 aliphatic heterocycles. The van der Waals surface area contributed by atoms with Gasteiger partial charge in [0.05, 0.1) is 15.7 Å². The Bertz CT molecular complexity index is 392. The maximum Gasteiger partial charge on any atom is 0.257 e. The first-order valence-electron chi connectivity index (χ1n) is 3.58. The van der Waals surface area contributed by atoms with Crippen molar-refractivity contribution in [1.29, 1.82) is 0 Å². The SMILES string of the molecule is O=C1Nc2c(ccc(Cl)c2Cl)[C@H]1O. The summed E-state index contributed by atoms with van der Waals surface area (Å²) in [7, 11) is 0. The highest BCUT2D eigenvalue weighted by Gasteiger charge is 2.30. The lowest BCUT2D eigenvalue weighted by Gasteiger charge is -2.03. The van der Waals surface area contributed by atoms with E-state index >= 15 is 0 Å². The molecule has 0 fully saturated rings. The van der Waals surface area contributed by atoms with Gasteiger partial charge in [-0.15, -0.1) is 0 Å². The summed E-state index contributed by atoms with van der Waals surface area (Å²) in [5, 5.41) is 12.4. The number of amides is 1. The van der Waals surface area contributed by atoms with Gasteiger partial charge in [-0.3, -0.25) is 4.79 Å². The third-order valence-electron chi connectivity index (χ3n) is 1.92. The highest BCUT2D eigenvalue weighted by atomic mass is 35.5. The fourth-order valence-corrected chi connectivity index (χ4v) is 1.63. The van der Waals surface area contributed by atoms with Gasteiger partial charge in [0.2, 0.25) is 0 Å². The number of fused-ring (bicyclic) bond motifs is 1. The van der Waals surface area contributed by atoms with Gasteiger partial charge in [-0.05, 0) is 6.07 Å². The second kappa shape index (κ2) is 2.87. The summed E-state index contributed by atoms with van der Waals surface area (Å²) in [5.41, 5.74) is 0.881. The van der Waals surface area contributed by atoms with Crippen molar-refractivity contribution in [1.82, 2.24) is 0 Å². The Morgan fingerprint density at radius 2 is 2.08 bits per heavy atom. The fraction of sp³-hybridized carbons (Fsp3) is 0.125. The van der Waals surface area contributed by atoms with Gasteiger partial charge in [-0.2, -0.15) is 0 Å². The number of carbonyl (C=O) groups is 1. The molecule has 5 heteroatoms. The summed E-state index contributed by atoms with van der Waals surface area (Å²) in [6.07, 6.45) is -1.13. The molecule has 0 saturated heterocycles. The zero-order valence-electron chi connectivity index (χ0n) is 6.34. The number of hydrogen-bond acceptors (Lipinski definition) is 2. The van der Waals surface area contributed by atoms with Gasteiger partial charge in [0.15, 0.2) is 6.10 Å². The quantitative estimate of drug-likeness (QED) is 0.699. The van der Waals surface area contributed by atoms with Crippen LogP contribution in [0.5, 0.6) is 0 Å². The molecule has 0 radical (unpaired) electrons. The molecule has 1 amide bonds. The average Bonchev–Trinajstić information content (AvgIpc) is 2.38. The molecule has 2 rings (SSSR count). The number of hydrogen-bond donors (Lipinski definition) is 2. The molecule has 0 spiro atoms. The monoisotopic (exact) mass is 217 g/mol. The standard InChI is InChI=1S/C8H5Cl2NO2/c9-4-2-1-3-6(5(4)10)11-8(13)7(3)12/h1-2,7,12H,(H,11,13)/t7-/m1/s1. The Morgan fingerprint density at radius 1 is 1.38 bits per heavy atom. The van der Waals surface area contributed by atoms with Crippen LogP contribution in [0.1, 0.15) is 11.7 Å². The van der Waals surface area contributed by atoms with Gasteiger partial charge in [0.1, 0.15) is 0 Å². The molecule has 3 nitrogen and oxygen atoms in total.